The summed E-state index contributed by atoms with van der Waals surface area (Å²) in [5, 5.41) is 0. The van der Waals surface area contributed by atoms with Gasteiger partial charge >= 0.3 is 20.4 Å². The van der Waals surface area contributed by atoms with E-state index in [-0.39, 0.29) is 20.4 Å². The van der Waals surface area contributed by atoms with Crippen molar-refractivity contribution in [2.45, 2.75) is 126 Å². The molecular weight excluding hydrogens is 265 g/mol. The predicted octanol–water partition coefficient (Wildman–Crippen LogP) is 7.81. The van der Waals surface area contributed by atoms with Crippen molar-refractivity contribution in [1.82, 2.24) is 0 Å². The summed E-state index contributed by atoms with van der Waals surface area (Å²) in [4.78, 5) is 0. The van der Waals surface area contributed by atoms with Gasteiger partial charge in [-0.05, 0) is 0 Å². The van der Waals surface area contributed by atoms with Crippen molar-refractivity contribution in [1.29, 1.82) is 0 Å². The molecule has 0 amide bonds. The van der Waals surface area contributed by atoms with Crippen molar-refractivity contribution in [2.24, 2.45) is 0 Å². The highest BCUT2D eigenvalue weighted by atomic mass is 24.5. The summed E-state index contributed by atoms with van der Waals surface area (Å²) in [6.07, 6.45) is 20.6. The molecule has 0 aliphatic carbocycles. The fraction of sp³-hybridized carbons (Fsp3) is 1.00. The maximum Gasteiger partial charge on any atom is 0.373 e. The molecule has 1 unspecified atom stereocenters. The van der Waals surface area contributed by atoms with Gasteiger partial charge in [0.2, 0.25) is 0 Å². The summed E-state index contributed by atoms with van der Waals surface area (Å²) in [5.41, 5.74) is 0. The molecule has 124 valence electrons. The van der Waals surface area contributed by atoms with Gasteiger partial charge in [-0.3, -0.25) is 0 Å². The van der Waals surface area contributed by atoms with Gasteiger partial charge in [0.05, 0.1) is 0 Å². The molecule has 0 saturated heterocycles. The van der Waals surface area contributed by atoms with Crippen LogP contribution in [0.4, 0.5) is 0 Å². The maximum atomic E-state index is 2.49. The van der Waals surface area contributed by atoms with Crippen LogP contribution in [0.25, 0.3) is 0 Å². The zero-order valence-corrected chi connectivity index (χ0v) is 17.2. The minimum atomic E-state index is 0.131. The Hall–Kier alpha value is 0.766. The number of hydrogen-bond donors (Lipinski definition) is 0. The monoisotopic (exact) mass is 306 g/mol. The molecule has 0 aromatic rings. The topological polar surface area (TPSA) is 0 Å². The van der Waals surface area contributed by atoms with Crippen molar-refractivity contribution >= 4 is 20.4 Å². The number of hydrogen-bond acceptors (Lipinski definition) is 0. The highest BCUT2D eigenvalue weighted by Crippen LogP contribution is 2.42. The van der Waals surface area contributed by atoms with Crippen molar-refractivity contribution < 1.29 is 0 Å². The highest BCUT2D eigenvalue weighted by Gasteiger charge is 2.27. The first-order chi connectivity index (χ1) is 10.2. The Morgan fingerprint density at radius 1 is 0.571 bits per heavy atom. The molecule has 0 saturated carbocycles. The predicted molar refractivity (Wildman–Crippen MR) is 101 cm³/mol. The zero-order valence-electron chi connectivity index (χ0n) is 15.8. The van der Waals surface area contributed by atoms with Gasteiger partial charge in [0.1, 0.15) is 0 Å². The first-order valence-electron chi connectivity index (χ1n) is 10.2. The van der Waals surface area contributed by atoms with Crippen LogP contribution in [0.3, 0.4) is 0 Å². The van der Waals surface area contributed by atoms with Gasteiger partial charge in [-0.25, -0.2) is 0 Å². The van der Waals surface area contributed by atoms with E-state index in [1.807, 2.05) is 0 Å². The van der Waals surface area contributed by atoms with Gasteiger partial charge in [-0.2, -0.15) is 0 Å². The molecule has 0 spiro atoms. The molecule has 0 N–H and O–H groups in total. The second kappa shape index (κ2) is 15.7. The van der Waals surface area contributed by atoms with E-state index in [0.29, 0.717) is 0 Å². The third kappa shape index (κ3) is 11.9. The Morgan fingerprint density at radius 2 is 1.10 bits per heavy atom. The second-order valence-electron chi connectivity index (χ2n) is 7.29. The lowest BCUT2D eigenvalue weighted by Gasteiger charge is -2.34. The first-order valence-corrected chi connectivity index (χ1v) is 11.9. The van der Waals surface area contributed by atoms with E-state index in [1.54, 1.807) is 17.4 Å². The molecule has 0 fully saturated rings. The Morgan fingerprint density at radius 3 is 1.67 bits per heavy atom. The largest absolute Gasteiger partial charge is 0.373 e. The van der Waals surface area contributed by atoms with Crippen LogP contribution in [0.1, 0.15) is 118 Å². The van der Waals surface area contributed by atoms with Gasteiger partial charge < -0.3 is 0 Å². The van der Waals surface area contributed by atoms with E-state index >= 15 is 0 Å². The van der Waals surface area contributed by atoms with Crippen LogP contribution in [0.15, 0.2) is 0 Å². The Labute approximate surface area is 146 Å². The lowest BCUT2D eigenvalue weighted by molar-refractivity contribution is 0.414. The third-order valence-corrected chi connectivity index (χ3v) is 8.55. The summed E-state index contributed by atoms with van der Waals surface area (Å²) in [6, 6.07) is 0. The lowest BCUT2D eigenvalue weighted by atomic mass is 9.91. The molecule has 0 aromatic heterocycles. The molecule has 0 aromatic carbocycles. The van der Waals surface area contributed by atoms with Crippen LogP contribution < -0.4 is 0 Å². The molecule has 0 aliphatic heterocycles. The van der Waals surface area contributed by atoms with Gasteiger partial charge in [0.15, 0.2) is 0 Å². The summed E-state index contributed by atoms with van der Waals surface area (Å²) >= 11 is 0.131. The number of rotatable bonds is 16. The van der Waals surface area contributed by atoms with E-state index in [2.05, 4.69) is 27.7 Å². The third-order valence-electron chi connectivity index (χ3n) is 5.43. The minimum Gasteiger partial charge on any atom is -0.145 e. The van der Waals surface area contributed by atoms with Gasteiger partial charge in [0.25, 0.3) is 0 Å². The molecule has 0 radical (unpaired) electrons. The molecule has 0 aliphatic rings. The quantitative estimate of drug-likeness (QED) is 0.201. The van der Waals surface area contributed by atoms with E-state index in [1.165, 1.54) is 77.0 Å². The minimum absolute atomic E-state index is 0.131. The van der Waals surface area contributed by atoms with Crippen LogP contribution in [0, 0.1) is 0 Å². The average Bonchev–Trinajstić information content (AvgIpc) is 2.51. The van der Waals surface area contributed by atoms with Gasteiger partial charge in [0, 0.05) is 0 Å². The molecular formula is C20H42Mg. The number of unbranched alkanes of at least 4 members (excludes halogenated alkanes) is 8. The molecule has 1 atom stereocenters. The van der Waals surface area contributed by atoms with E-state index in [4.69, 9.17) is 0 Å². The van der Waals surface area contributed by atoms with Crippen LogP contribution in [0.5, 0.6) is 0 Å². The standard InChI is InChI=1S/C14H29.C6H13.Mg/c1-4-7-9-10-11-13-14(6-3)12-8-5-2;1-3-5-6-4-2;/h4-13H2,1-3H3;1,3-6H2,2H3;. The van der Waals surface area contributed by atoms with Gasteiger partial charge in [-0.1, -0.05) is 118 Å². The normalized spacial score (nSPS) is 13.9. The summed E-state index contributed by atoms with van der Waals surface area (Å²) in [7, 11) is 0. The smallest absolute Gasteiger partial charge is 0.145 e. The van der Waals surface area contributed by atoms with E-state index in [0.717, 1.165) is 3.54 Å². The molecule has 0 rings (SSSR count). The van der Waals surface area contributed by atoms with Crippen LogP contribution in [-0.2, 0) is 0 Å². The molecule has 21 heavy (non-hydrogen) atoms. The Bertz CT molecular complexity index is 186. The SMILES string of the molecule is CCCCCCC[C](CC)(CCCC)[Mg][CH2]CCCCC. The van der Waals surface area contributed by atoms with E-state index < -0.39 is 0 Å². The highest BCUT2D eigenvalue weighted by molar-refractivity contribution is 6.40. The molecule has 0 bridgehead atoms. The Balaban J connectivity index is 4.11. The lowest BCUT2D eigenvalue weighted by Crippen LogP contribution is -2.20. The van der Waals surface area contributed by atoms with Crippen molar-refractivity contribution in [3.63, 3.8) is 0 Å². The fourth-order valence-corrected chi connectivity index (χ4v) is 6.37. The fourth-order valence-electron chi connectivity index (χ4n) is 3.66. The summed E-state index contributed by atoms with van der Waals surface area (Å²) < 4.78 is 2.45. The second-order valence-corrected chi connectivity index (χ2v) is 9.99. The molecule has 1 heteroatoms. The van der Waals surface area contributed by atoms with Crippen molar-refractivity contribution in [3.8, 4) is 0 Å². The van der Waals surface area contributed by atoms with Crippen molar-refractivity contribution in [2.75, 3.05) is 0 Å². The van der Waals surface area contributed by atoms with Crippen LogP contribution in [-0.4, -0.2) is 20.4 Å². The average molecular weight is 307 g/mol. The van der Waals surface area contributed by atoms with E-state index in [9.17, 15) is 0 Å². The zero-order chi connectivity index (χ0) is 15.8. The van der Waals surface area contributed by atoms with Crippen molar-refractivity contribution in [3.05, 3.63) is 0 Å². The summed E-state index contributed by atoms with van der Waals surface area (Å²) in [5.74, 6) is 0. The summed E-state index contributed by atoms with van der Waals surface area (Å²) in [6.45, 7) is 9.50. The van der Waals surface area contributed by atoms with Crippen LogP contribution in [0.2, 0.25) is 8.09 Å². The van der Waals surface area contributed by atoms with Crippen LogP contribution >= 0.6 is 0 Å². The molecule has 0 heterocycles. The maximum absolute atomic E-state index is 2.49. The van der Waals surface area contributed by atoms with Gasteiger partial charge in [-0.15, -0.1) is 8.09 Å². The first kappa shape index (κ1) is 21.8. The molecule has 0 nitrogen and oxygen atoms in total. The Kier molecular flexibility index (Phi) is 16.2.